The third-order valence-electron chi connectivity index (χ3n) is 8.35. The molecule has 2 fully saturated rings. The first-order chi connectivity index (χ1) is 16.9. The lowest BCUT2D eigenvalue weighted by molar-refractivity contribution is -0.146. The van der Waals surface area contributed by atoms with Crippen LogP contribution in [0.1, 0.15) is 62.0 Å². The van der Waals surface area contributed by atoms with Crippen molar-refractivity contribution in [2.45, 2.75) is 62.9 Å². The fraction of sp³-hybridized carbons (Fsp3) is 0.464. The monoisotopic (exact) mass is 476 g/mol. The second-order valence-electron chi connectivity index (χ2n) is 10.2. The highest BCUT2D eigenvalue weighted by atomic mass is 16.5. The molecule has 2 amide bonds. The fourth-order valence-electron chi connectivity index (χ4n) is 6.50. The van der Waals surface area contributed by atoms with Crippen LogP contribution >= 0.6 is 0 Å². The predicted molar refractivity (Wildman–Crippen MR) is 131 cm³/mol. The smallest absolute Gasteiger partial charge is 0.407 e. The van der Waals surface area contributed by atoms with E-state index in [0.717, 1.165) is 47.9 Å². The Bertz CT molecular complexity index is 1090. The number of likely N-dealkylation sites (N-methyl/N-ethyl adjacent to an activating group) is 1. The number of nitrogens with one attached hydrogen (secondary N) is 1. The largest absolute Gasteiger partial charge is 0.481 e. The zero-order valence-electron chi connectivity index (χ0n) is 20.0. The minimum absolute atomic E-state index is 0.107. The van der Waals surface area contributed by atoms with Crippen molar-refractivity contribution in [1.29, 1.82) is 0 Å². The number of benzene rings is 2. The van der Waals surface area contributed by atoms with E-state index < -0.39 is 24.5 Å². The van der Waals surface area contributed by atoms with Crippen molar-refractivity contribution < 1.29 is 24.2 Å². The van der Waals surface area contributed by atoms with E-state index in [1.54, 1.807) is 11.9 Å². The number of rotatable bonds is 7. The number of carbonyl (C=O) groups excluding carboxylic acids is 2. The second-order valence-corrected chi connectivity index (χ2v) is 10.2. The molecule has 0 aliphatic heterocycles. The number of hydrogen-bond donors (Lipinski definition) is 2. The molecule has 7 heteroatoms. The summed E-state index contributed by atoms with van der Waals surface area (Å²) < 4.78 is 5.56. The van der Waals surface area contributed by atoms with Crippen LogP contribution in [0, 0.1) is 5.41 Å². The summed E-state index contributed by atoms with van der Waals surface area (Å²) in [6.45, 7) is 0.107. The van der Waals surface area contributed by atoms with E-state index in [1.165, 1.54) is 12.8 Å². The van der Waals surface area contributed by atoms with Gasteiger partial charge in [0.2, 0.25) is 5.91 Å². The molecule has 2 saturated carbocycles. The van der Waals surface area contributed by atoms with Gasteiger partial charge in [0.05, 0.1) is 6.42 Å². The van der Waals surface area contributed by atoms with E-state index in [9.17, 15) is 19.5 Å². The molecule has 3 aliphatic carbocycles. The molecule has 184 valence electrons. The van der Waals surface area contributed by atoms with Crippen molar-refractivity contribution in [1.82, 2.24) is 10.2 Å². The SMILES string of the molecule is CN(C(=O)C(CC(=O)O)NC(=O)OCC1c2ccccc2-c2ccccc21)C1CCC12CCCC2. The third kappa shape index (κ3) is 4.28. The van der Waals surface area contributed by atoms with Crippen molar-refractivity contribution in [3.8, 4) is 11.1 Å². The molecule has 2 unspecified atom stereocenters. The van der Waals surface area contributed by atoms with Gasteiger partial charge in [-0.1, -0.05) is 61.4 Å². The van der Waals surface area contributed by atoms with Crippen LogP contribution in [0.15, 0.2) is 48.5 Å². The van der Waals surface area contributed by atoms with Gasteiger partial charge in [-0.3, -0.25) is 9.59 Å². The Morgan fingerprint density at radius 1 is 1.03 bits per heavy atom. The number of aliphatic carboxylic acids is 1. The lowest BCUT2D eigenvalue weighted by atomic mass is 9.62. The summed E-state index contributed by atoms with van der Waals surface area (Å²) in [5, 5.41) is 12.0. The van der Waals surface area contributed by atoms with Crippen LogP contribution in [0.3, 0.4) is 0 Å². The van der Waals surface area contributed by atoms with Crippen molar-refractivity contribution in [3.63, 3.8) is 0 Å². The number of ether oxygens (including phenoxy) is 1. The Morgan fingerprint density at radius 3 is 2.17 bits per heavy atom. The van der Waals surface area contributed by atoms with E-state index in [2.05, 4.69) is 17.4 Å². The molecule has 7 nitrogen and oxygen atoms in total. The molecular formula is C28H32N2O5. The topological polar surface area (TPSA) is 95.9 Å². The maximum Gasteiger partial charge on any atom is 0.407 e. The van der Waals surface area contributed by atoms with Gasteiger partial charge in [-0.15, -0.1) is 0 Å². The number of carboxylic acid groups (broad SMARTS) is 1. The van der Waals surface area contributed by atoms with Gasteiger partial charge in [-0.05, 0) is 53.4 Å². The average Bonchev–Trinajstić information content (AvgIpc) is 3.46. The van der Waals surface area contributed by atoms with Gasteiger partial charge in [0, 0.05) is 19.0 Å². The van der Waals surface area contributed by atoms with E-state index in [-0.39, 0.29) is 29.9 Å². The molecule has 5 rings (SSSR count). The van der Waals surface area contributed by atoms with Gasteiger partial charge in [0.1, 0.15) is 12.6 Å². The molecule has 2 N–H and O–H groups in total. The van der Waals surface area contributed by atoms with Gasteiger partial charge in [-0.25, -0.2) is 4.79 Å². The minimum atomic E-state index is -1.16. The lowest BCUT2D eigenvalue weighted by Gasteiger charge is -2.52. The second kappa shape index (κ2) is 9.36. The predicted octanol–water partition coefficient (Wildman–Crippen LogP) is 4.55. The Hall–Kier alpha value is -3.35. The molecule has 0 aromatic heterocycles. The van der Waals surface area contributed by atoms with Gasteiger partial charge >= 0.3 is 12.1 Å². The molecule has 0 bridgehead atoms. The van der Waals surface area contributed by atoms with Gasteiger partial charge < -0.3 is 20.1 Å². The average molecular weight is 477 g/mol. The number of carboxylic acids is 1. The van der Waals surface area contributed by atoms with E-state index in [0.29, 0.717) is 0 Å². The quantitative estimate of drug-likeness (QED) is 0.611. The molecule has 2 aromatic carbocycles. The molecule has 0 heterocycles. The van der Waals surface area contributed by atoms with Gasteiger partial charge in [0.25, 0.3) is 0 Å². The maximum atomic E-state index is 13.3. The van der Waals surface area contributed by atoms with Crippen molar-refractivity contribution in [3.05, 3.63) is 59.7 Å². The highest BCUT2D eigenvalue weighted by Gasteiger charge is 2.51. The minimum Gasteiger partial charge on any atom is -0.481 e. The van der Waals surface area contributed by atoms with Gasteiger partial charge in [0.15, 0.2) is 0 Å². The molecule has 2 aromatic rings. The Labute approximate surface area is 205 Å². The number of carbonyl (C=O) groups is 3. The first-order valence-corrected chi connectivity index (χ1v) is 12.5. The van der Waals surface area contributed by atoms with E-state index in [1.807, 2.05) is 36.4 Å². The Kier molecular flexibility index (Phi) is 6.26. The summed E-state index contributed by atoms with van der Waals surface area (Å²) in [7, 11) is 1.74. The van der Waals surface area contributed by atoms with Crippen LogP contribution < -0.4 is 5.32 Å². The summed E-state index contributed by atoms with van der Waals surface area (Å²) in [5.74, 6) is -1.61. The van der Waals surface area contributed by atoms with E-state index >= 15 is 0 Å². The molecule has 0 radical (unpaired) electrons. The highest BCUT2D eigenvalue weighted by molar-refractivity contribution is 5.89. The lowest BCUT2D eigenvalue weighted by Crippen LogP contribution is -2.59. The molecule has 35 heavy (non-hydrogen) atoms. The van der Waals surface area contributed by atoms with Crippen LogP contribution in [0.25, 0.3) is 11.1 Å². The van der Waals surface area contributed by atoms with Crippen molar-refractivity contribution in [2.75, 3.05) is 13.7 Å². The van der Waals surface area contributed by atoms with Crippen molar-refractivity contribution >= 4 is 18.0 Å². The number of fused-ring (bicyclic) bond motifs is 3. The fourth-order valence-corrected chi connectivity index (χ4v) is 6.50. The number of nitrogens with zero attached hydrogens (tertiary/aromatic N) is 1. The maximum absolute atomic E-state index is 13.3. The molecule has 3 aliphatic rings. The zero-order valence-corrected chi connectivity index (χ0v) is 20.0. The molecule has 1 spiro atoms. The van der Waals surface area contributed by atoms with Crippen LogP contribution in [0.2, 0.25) is 0 Å². The summed E-state index contributed by atoms with van der Waals surface area (Å²) in [4.78, 5) is 39.2. The molecule has 2 atom stereocenters. The van der Waals surface area contributed by atoms with Crippen LogP contribution in [-0.2, 0) is 14.3 Å². The summed E-state index contributed by atoms with van der Waals surface area (Å²) in [5.41, 5.74) is 4.59. The molecular weight excluding hydrogens is 444 g/mol. The van der Waals surface area contributed by atoms with Crippen LogP contribution in [0.5, 0.6) is 0 Å². The first kappa shape index (κ1) is 23.4. The third-order valence-corrected chi connectivity index (χ3v) is 8.35. The zero-order chi connectivity index (χ0) is 24.6. The van der Waals surface area contributed by atoms with Crippen LogP contribution in [0.4, 0.5) is 4.79 Å². The summed E-state index contributed by atoms with van der Waals surface area (Å²) >= 11 is 0. The number of alkyl carbamates (subject to hydrolysis) is 1. The van der Waals surface area contributed by atoms with Crippen LogP contribution in [-0.4, -0.2) is 53.7 Å². The highest BCUT2D eigenvalue weighted by Crippen LogP contribution is 2.55. The van der Waals surface area contributed by atoms with Gasteiger partial charge in [-0.2, -0.15) is 0 Å². The van der Waals surface area contributed by atoms with Crippen molar-refractivity contribution in [2.24, 2.45) is 5.41 Å². The number of hydrogen-bond acceptors (Lipinski definition) is 4. The van der Waals surface area contributed by atoms with E-state index in [4.69, 9.17) is 4.74 Å². The summed E-state index contributed by atoms with van der Waals surface area (Å²) in [6.07, 6.45) is 5.35. The Morgan fingerprint density at radius 2 is 1.63 bits per heavy atom. The normalized spacial score (nSPS) is 20.4. The first-order valence-electron chi connectivity index (χ1n) is 12.5. The molecule has 0 saturated heterocycles. The summed E-state index contributed by atoms with van der Waals surface area (Å²) in [6, 6.07) is 15.0. The standard InChI is InChI=1S/C28H32N2O5/c1-30(24-12-15-28(24)13-6-7-14-28)26(33)23(16-25(31)32)29-27(34)35-17-22-20-10-4-2-8-18(20)19-9-3-5-11-21(19)22/h2-5,8-11,22-24H,6-7,12-17H2,1H3,(H,29,34)(H,31,32). The Balaban J connectivity index is 1.25. The number of amides is 2.